The van der Waals surface area contributed by atoms with Gasteiger partial charge in [0.2, 0.25) is 5.91 Å². The summed E-state index contributed by atoms with van der Waals surface area (Å²) in [6.07, 6.45) is -1.15. The van der Waals surface area contributed by atoms with Crippen LogP contribution in [0.3, 0.4) is 0 Å². The van der Waals surface area contributed by atoms with Crippen LogP contribution in [0.5, 0.6) is 0 Å². The number of hydrogen-bond donors (Lipinski definition) is 3. The zero-order chi connectivity index (χ0) is 26.5. The molecule has 190 valence electrons. The number of carbonyl (C=O) groups is 3. The fourth-order valence-corrected chi connectivity index (χ4v) is 3.85. The van der Waals surface area contributed by atoms with E-state index in [9.17, 15) is 14.4 Å². The highest BCUT2D eigenvalue weighted by Crippen LogP contribution is 2.29. The maximum absolute atomic E-state index is 15.1. The Labute approximate surface area is 212 Å². The van der Waals surface area contributed by atoms with Crippen LogP contribution in [0, 0.1) is 5.82 Å². The summed E-state index contributed by atoms with van der Waals surface area (Å²) in [4.78, 5) is 36.9. The van der Waals surface area contributed by atoms with E-state index in [0.29, 0.717) is 22.4 Å². The molecule has 1 aliphatic heterocycles. The number of nitrogens with one attached hydrogen (secondary N) is 1. The van der Waals surface area contributed by atoms with Gasteiger partial charge in [-0.2, -0.15) is 0 Å². The minimum absolute atomic E-state index is 0.0495. The van der Waals surface area contributed by atoms with E-state index in [4.69, 9.17) is 19.5 Å². The Morgan fingerprint density at radius 1 is 1.14 bits per heavy atom. The molecule has 3 N–H and O–H groups in total. The summed E-state index contributed by atoms with van der Waals surface area (Å²) in [5, 5.41) is 20.9. The minimum atomic E-state index is -1.63. The number of carbonyl (C=O) groups excluding carboxylic acids is 3. The van der Waals surface area contributed by atoms with Crippen molar-refractivity contribution in [2.75, 3.05) is 18.0 Å². The Hall–Kier alpha value is -4.22. The van der Waals surface area contributed by atoms with Gasteiger partial charge in [-0.3, -0.25) is 9.69 Å². The lowest BCUT2D eigenvalue weighted by Gasteiger charge is -2.15. The van der Waals surface area contributed by atoms with E-state index in [1.54, 1.807) is 36.4 Å². The number of amides is 2. The van der Waals surface area contributed by atoms with E-state index < -0.39 is 31.1 Å². The monoisotopic (exact) mass is 506 g/mol. The van der Waals surface area contributed by atoms with E-state index in [1.807, 2.05) is 0 Å². The lowest BCUT2D eigenvalue weighted by molar-refractivity contribution is -0.119. The molecule has 1 heterocycles. The lowest BCUT2D eigenvalue weighted by Crippen LogP contribution is -2.33. The SMILES string of the molecule is CC(=O)NC[C@H]1CN(c2ccc(-c3cccc(COC(=O)c4ccc(B(O)O)cc4)c3)c(F)c2)C(=O)O1. The van der Waals surface area contributed by atoms with E-state index >= 15 is 4.39 Å². The zero-order valence-electron chi connectivity index (χ0n) is 19.9. The molecule has 1 aliphatic rings. The molecule has 3 aromatic rings. The average Bonchev–Trinajstić information content (AvgIpc) is 3.26. The minimum Gasteiger partial charge on any atom is -0.457 e. The standard InChI is InChI=1S/C26H24BFN2O7/c1-16(31)29-13-22-14-30(26(33)37-22)21-9-10-23(24(28)12-21)19-4-2-3-17(11-19)15-36-25(32)18-5-7-20(8-6-18)27(34)35/h2-12,22,34-35H,13-15H2,1H3,(H,29,31)/t22-/m0/s1. The largest absolute Gasteiger partial charge is 0.488 e. The van der Waals surface area contributed by atoms with Crippen molar-refractivity contribution in [1.82, 2.24) is 5.32 Å². The number of rotatable bonds is 8. The van der Waals surface area contributed by atoms with Gasteiger partial charge in [-0.05, 0) is 53.0 Å². The van der Waals surface area contributed by atoms with Crippen LogP contribution in [0.2, 0.25) is 0 Å². The maximum atomic E-state index is 15.1. The van der Waals surface area contributed by atoms with Gasteiger partial charge in [0.1, 0.15) is 18.5 Å². The maximum Gasteiger partial charge on any atom is 0.488 e. The molecule has 4 rings (SSSR count). The highest BCUT2D eigenvalue weighted by Gasteiger charge is 2.32. The first-order valence-corrected chi connectivity index (χ1v) is 11.5. The second-order valence-electron chi connectivity index (χ2n) is 8.49. The van der Waals surface area contributed by atoms with Crippen molar-refractivity contribution in [3.8, 4) is 11.1 Å². The average molecular weight is 506 g/mol. The normalized spacial score (nSPS) is 14.8. The van der Waals surface area contributed by atoms with Gasteiger partial charge < -0.3 is 24.8 Å². The molecule has 3 aromatic carbocycles. The van der Waals surface area contributed by atoms with Crippen LogP contribution in [0.1, 0.15) is 22.8 Å². The van der Waals surface area contributed by atoms with E-state index in [-0.39, 0.29) is 36.6 Å². The third-order valence-corrected chi connectivity index (χ3v) is 5.77. The Bertz CT molecular complexity index is 1320. The van der Waals surface area contributed by atoms with Gasteiger partial charge in [0.05, 0.1) is 24.3 Å². The predicted molar refractivity (Wildman–Crippen MR) is 134 cm³/mol. The molecule has 0 aliphatic carbocycles. The molecule has 2 amide bonds. The summed E-state index contributed by atoms with van der Waals surface area (Å²) in [6.45, 7) is 1.67. The summed E-state index contributed by atoms with van der Waals surface area (Å²) in [5.41, 5.74) is 2.34. The number of halogens is 1. The van der Waals surface area contributed by atoms with Gasteiger partial charge in [0.15, 0.2) is 0 Å². The number of cyclic esters (lactones) is 1. The van der Waals surface area contributed by atoms with Crippen LogP contribution < -0.4 is 15.7 Å². The number of esters is 1. The Kier molecular flexibility index (Phi) is 7.85. The molecule has 0 unspecified atom stereocenters. The smallest absolute Gasteiger partial charge is 0.457 e. The van der Waals surface area contributed by atoms with Gasteiger partial charge in [0.25, 0.3) is 0 Å². The van der Waals surface area contributed by atoms with E-state index in [0.717, 1.165) is 0 Å². The molecule has 37 heavy (non-hydrogen) atoms. The quantitative estimate of drug-likeness (QED) is 0.315. The van der Waals surface area contributed by atoms with Crippen molar-refractivity contribution in [3.05, 3.63) is 83.7 Å². The Morgan fingerprint density at radius 3 is 2.57 bits per heavy atom. The molecular formula is C26H24BFN2O7. The highest BCUT2D eigenvalue weighted by molar-refractivity contribution is 6.58. The first-order chi connectivity index (χ1) is 17.7. The van der Waals surface area contributed by atoms with Crippen molar-refractivity contribution in [3.63, 3.8) is 0 Å². The number of nitrogens with zero attached hydrogens (tertiary/aromatic N) is 1. The van der Waals surface area contributed by atoms with E-state index in [2.05, 4.69) is 5.32 Å². The second-order valence-corrected chi connectivity index (χ2v) is 8.49. The molecule has 1 fully saturated rings. The molecule has 1 atom stereocenters. The number of anilines is 1. The highest BCUT2D eigenvalue weighted by atomic mass is 19.1. The van der Waals surface area contributed by atoms with Crippen LogP contribution in [0.15, 0.2) is 66.7 Å². The number of ether oxygens (including phenoxy) is 2. The number of benzene rings is 3. The van der Waals surface area contributed by atoms with Crippen molar-refractivity contribution in [2.24, 2.45) is 0 Å². The van der Waals surface area contributed by atoms with Crippen LogP contribution >= 0.6 is 0 Å². The van der Waals surface area contributed by atoms with E-state index in [1.165, 1.54) is 42.2 Å². The molecule has 0 radical (unpaired) electrons. The first kappa shape index (κ1) is 25.9. The molecule has 1 saturated heterocycles. The molecule has 11 heteroatoms. The van der Waals surface area contributed by atoms with Crippen LogP contribution in [0.4, 0.5) is 14.9 Å². The summed E-state index contributed by atoms with van der Waals surface area (Å²) in [7, 11) is -1.63. The Morgan fingerprint density at radius 2 is 1.89 bits per heavy atom. The fraction of sp³-hybridized carbons (Fsp3) is 0.192. The van der Waals surface area contributed by atoms with Crippen LogP contribution in [-0.2, 0) is 20.9 Å². The van der Waals surface area contributed by atoms with Crippen LogP contribution in [-0.4, -0.2) is 54.3 Å². The summed E-state index contributed by atoms with van der Waals surface area (Å²) in [6, 6.07) is 17.0. The molecule has 0 spiro atoms. The van der Waals surface area contributed by atoms with Crippen LogP contribution in [0.25, 0.3) is 11.1 Å². The van der Waals surface area contributed by atoms with Crippen molar-refractivity contribution in [1.29, 1.82) is 0 Å². The van der Waals surface area contributed by atoms with Gasteiger partial charge in [-0.1, -0.05) is 30.3 Å². The van der Waals surface area contributed by atoms with Crippen molar-refractivity contribution >= 4 is 36.2 Å². The lowest BCUT2D eigenvalue weighted by atomic mass is 9.80. The fourth-order valence-electron chi connectivity index (χ4n) is 3.85. The molecule has 0 bridgehead atoms. The summed E-state index contributed by atoms with van der Waals surface area (Å²) in [5.74, 6) is -1.37. The third kappa shape index (κ3) is 6.32. The predicted octanol–water partition coefficient (Wildman–Crippen LogP) is 1.99. The van der Waals surface area contributed by atoms with Gasteiger partial charge >= 0.3 is 19.2 Å². The molecule has 0 saturated carbocycles. The molecule has 9 nitrogen and oxygen atoms in total. The zero-order valence-corrected chi connectivity index (χ0v) is 19.9. The topological polar surface area (TPSA) is 125 Å². The van der Waals surface area contributed by atoms with Gasteiger partial charge in [-0.25, -0.2) is 14.0 Å². The molecular weight excluding hydrogens is 482 g/mol. The Balaban J connectivity index is 1.42. The van der Waals surface area contributed by atoms with Crippen molar-refractivity contribution < 1.29 is 38.3 Å². The number of hydrogen-bond acceptors (Lipinski definition) is 7. The third-order valence-electron chi connectivity index (χ3n) is 5.77. The second kappa shape index (κ2) is 11.2. The summed E-state index contributed by atoms with van der Waals surface area (Å²) >= 11 is 0. The molecule has 0 aromatic heterocycles. The first-order valence-electron chi connectivity index (χ1n) is 11.5. The van der Waals surface area contributed by atoms with Crippen molar-refractivity contribution in [2.45, 2.75) is 19.6 Å². The van der Waals surface area contributed by atoms with Gasteiger partial charge in [-0.15, -0.1) is 0 Å². The van der Waals surface area contributed by atoms with Gasteiger partial charge in [0, 0.05) is 12.5 Å². The summed E-state index contributed by atoms with van der Waals surface area (Å²) < 4.78 is 25.6.